The summed E-state index contributed by atoms with van der Waals surface area (Å²) >= 11 is 7.24. The molecular weight excluding hydrogens is 394 g/mol. The van der Waals surface area contributed by atoms with Crippen molar-refractivity contribution in [2.75, 3.05) is 17.2 Å². The van der Waals surface area contributed by atoms with E-state index in [1.807, 2.05) is 42.5 Å². The Bertz CT molecular complexity index is 1100. The Morgan fingerprint density at radius 3 is 2.64 bits per heavy atom. The Kier molecular flexibility index (Phi) is 5.91. The van der Waals surface area contributed by atoms with Gasteiger partial charge < -0.3 is 15.2 Å². The fourth-order valence-corrected chi connectivity index (χ4v) is 4.18. The number of allylic oxidation sites excluding steroid dienone is 1. The Labute approximate surface area is 172 Å². The van der Waals surface area contributed by atoms with E-state index in [0.717, 1.165) is 11.3 Å². The Hall–Kier alpha value is -2.57. The molecular formula is C21H22ClN3O2S. The molecule has 0 aliphatic heterocycles. The van der Waals surface area contributed by atoms with Crippen molar-refractivity contribution in [3.8, 4) is 0 Å². The second-order valence-electron chi connectivity index (χ2n) is 6.84. The number of pyridine rings is 1. The highest BCUT2D eigenvalue weighted by atomic mass is 35.5. The number of hydrogen-bond donors (Lipinski definition) is 1. The van der Waals surface area contributed by atoms with Crippen LogP contribution in [-0.2, 0) is 7.05 Å². The number of nitrogens with zero attached hydrogens (tertiary/aromatic N) is 2. The van der Waals surface area contributed by atoms with Gasteiger partial charge in [-0.2, -0.15) is 0 Å². The summed E-state index contributed by atoms with van der Waals surface area (Å²) in [6.45, 7) is 4.47. The molecule has 28 heavy (non-hydrogen) atoms. The molecule has 0 radical (unpaired) electrons. The van der Waals surface area contributed by atoms with Crippen LogP contribution >= 0.6 is 22.9 Å². The zero-order valence-electron chi connectivity index (χ0n) is 16.0. The first-order valence-electron chi connectivity index (χ1n) is 8.92. The van der Waals surface area contributed by atoms with Gasteiger partial charge in [-0.3, -0.25) is 9.59 Å². The molecule has 0 spiro atoms. The van der Waals surface area contributed by atoms with E-state index < -0.39 is 5.91 Å². The molecule has 0 bridgehead atoms. The topological polar surface area (TPSA) is 68.3 Å². The van der Waals surface area contributed by atoms with Crippen LogP contribution in [0.25, 0.3) is 10.2 Å². The summed E-state index contributed by atoms with van der Waals surface area (Å²) in [5, 5.41) is 0. The summed E-state index contributed by atoms with van der Waals surface area (Å²) < 4.78 is 2.54. The number of aryl methyl sites for hydroxylation is 1. The summed E-state index contributed by atoms with van der Waals surface area (Å²) in [7, 11) is 1.72. The minimum absolute atomic E-state index is 0.0321. The molecule has 5 nitrogen and oxygen atoms in total. The van der Waals surface area contributed by atoms with Gasteiger partial charge in [0.1, 0.15) is 16.1 Å². The summed E-state index contributed by atoms with van der Waals surface area (Å²) in [6, 6.07) is 10.9. The smallest absolute Gasteiger partial charge is 0.266 e. The first-order chi connectivity index (χ1) is 13.3. The van der Waals surface area contributed by atoms with Crippen molar-refractivity contribution >= 4 is 50.6 Å². The molecule has 0 fully saturated rings. The number of nitrogen functional groups attached to an aromatic ring is 1. The highest BCUT2D eigenvalue weighted by molar-refractivity contribution is 7.22. The minimum Gasteiger partial charge on any atom is -0.384 e. The van der Waals surface area contributed by atoms with E-state index in [9.17, 15) is 9.59 Å². The number of anilines is 2. The maximum absolute atomic E-state index is 13.4. The summed E-state index contributed by atoms with van der Waals surface area (Å²) in [4.78, 5) is 28.1. The molecule has 2 aromatic heterocycles. The number of carbonyl (C=O) groups is 1. The van der Waals surface area contributed by atoms with Gasteiger partial charge in [-0.25, -0.2) is 0 Å². The van der Waals surface area contributed by atoms with Crippen LogP contribution in [-0.4, -0.2) is 17.0 Å². The average molecular weight is 416 g/mol. The molecule has 0 aliphatic rings. The number of nitrogens with two attached hydrogens (primary N) is 1. The molecule has 0 saturated heterocycles. The van der Waals surface area contributed by atoms with Crippen molar-refractivity contribution in [1.82, 2.24) is 4.57 Å². The SMILES string of the molecule is CC(C)/C=C/CN(C(=O)c1c(N)n(C)c2cc(Cl)sc2c1=O)c1ccccc1. The molecule has 1 amide bonds. The van der Waals surface area contributed by atoms with Crippen molar-refractivity contribution < 1.29 is 4.79 Å². The van der Waals surface area contributed by atoms with Crippen LogP contribution in [0.5, 0.6) is 0 Å². The molecule has 3 aromatic rings. The number of aromatic nitrogens is 1. The standard InChI is InChI=1S/C21H22ClN3O2S/c1-13(2)8-7-11-25(14-9-5-4-6-10-14)21(27)17-18(26)19-15(12-16(22)28-19)24(3)20(17)23/h4-10,12-13H,11,23H2,1-3H3/b8-7+. The molecule has 146 valence electrons. The maximum atomic E-state index is 13.4. The quantitative estimate of drug-likeness (QED) is 0.614. The number of fused-ring (bicyclic) bond motifs is 1. The number of benzene rings is 1. The Morgan fingerprint density at radius 1 is 1.32 bits per heavy atom. The van der Waals surface area contributed by atoms with E-state index in [0.29, 0.717) is 32.7 Å². The largest absolute Gasteiger partial charge is 0.384 e. The lowest BCUT2D eigenvalue weighted by molar-refractivity contribution is 0.0989. The van der Waals surface area contributed by atoms with Crippen LogP contribution < -0.4 is 16.1 Å². The van der Waals surface area contributed by atoms with Gasteiger partial charge >= 0.3 is 0 Å². The fourth-order valence-electron chi connectivity index (χ4n) is 2.99. The summed E-state index contributed by atoms with van der Waals surface area (Å²) in [6.07, 6.45) is 3.95. The van der Waals surface area contributed by atoms with E-state index in [2.05, 4.69) is 13.8 Å². The summed E-state index contributed by atoms with van der Waals surface area (Å²) in [5.41, 5.74) is 7.12. The number of halogens is 1. The third-order valence-corrected chi connectivity index (χ3v) is 5.68. The van der Waals surface area contributed by atoms with Crippen LogP contribution in [0.4, 0.5) is 11.5 Å². The number of amides is 1. The molecule has 0 unspecified atom stereocenters. The normalized spacial score (nSPS) is 11.6. The molecule has 1 aromatic carbocycles. The van der Waals surface area contributed by atoms with Crippen molar-refractivity contribution in [3.05, 3.63) is 68.7 Å². The van der Waals surface area contributed by atoms with Gasteiger partial charge in [0, 0.05) is 19.3 Å². The molecule has 0 aliphatic carbocycles. The third kappa shape index (κ3) is 3.84. The van der Waals surface area contributed by atoms with E-state index in [1.54, 1.807) is 22.6 Å². The second kappa shape index (κ2) is 8.20. The monoisotopic (exact) mass is 415 g/mol. The van der Waals surface area contributed by atoms with Crippen LogP contribution in [0.2, 0.25) is 4.34 Å². The molecule has 7 heteroatoms. The highest BCUT2D eigenvalue weighted by Crippen LogP contribution is 2.29. The Balaban J connectivity index is 2.14. The lowest BCUT2D eigenvalue weighted by Gasteiger charge is -2.23. The van der Waals surface area contributed by atoms with Crippen molar-refractivity contribution in [2.45, 2.75) is 13.8 Å². The predicted molar refractivity (Wildman–Crippen MR) is 119 cm³/mol. The van der Waals surface area contributed by atoms with Crippen LogP contribution in [0.15, 0.2) is 53.3 Å². The van der Waals surface area contributed by atoms with Gasteiger partial charge in [-0.05, 0) is 24.1 Å². The summed E-state index contributed by atoms with van der Waals surface area (Å²) in [5.74, 6) is 0.0603. The predicted octanol–water partition coefficient (Wildman–Crippen LogP) is 4.69. The molecule has 3 rings (SSSR count). The van der Waals surface area contributed by atoms with E-state index in [-0.39, 0.29) is 16.8 Å². The number of thiophene rings is 1. The zero-order valence-corrected chi connectivity index (χ0v) is 17.6. The van der Waals surface area contributed by atoms with Gasteiger partial charge in [0.2, 0.25) is 5.43 Å². The Morgan fingerprint density at radius 2 is 2.00 bits per heavy atom. The van der Waals surface area contributed by atoms with Crippen LogP contribution in [0.3, 0.4) is 0 Å². The lowest BCUT2D eigenvalue weighted by atomic mass is 10.1. The zero-order chi connectivity index (χ0) is 20.4. The second-order valence-corrected chi connectivity index (χ2v) is 8.52. The molecule has 0 saturated carbocycles. The average Bonchev–Trinajstić information content (AvgIpc) is 3.06. The van der Waals surface area contributed by atoms with Gasteiger partial charge in [-0.15, -0.1) is 11.3 Å². The van der Waals surface area contributed by atoms with E-state index >= 15 is 0 Å². The number of rotatable bonds is 5. The van der Waals surface area contributed by atoms with Crippen LogP contribution in [0.1, 0.15) is 24.2 Å². The van der Waals surface area contributed by atoms with Crippen LogP contribution in [0, 0.1) is 5.92 Å². The van der Waals surface area contributed by atoms with Gasteiger partial charge in [0.05, 0.1) is 9.85 Å². The first kappa shape index (κ1) is 20.2. The first-order valence-corrected chi connectivity index (χ1v) is 10.1. The molecule has 0 atom stereocenters. The maximum Gasteiger partial charge on any atom is 0.266 e. The number of carbonyl (C=O) groups excluding carboxylic acids is 1. The number of para-hydroxylation sites is 1. The fraction of sp³-hybridized carbons (Fsp3) is 0.238. The number of hydrogen-bond acceptors (Lipinski definition) is 4. The van der Waals surface area contributed by atoms with E-state index in [4.69, 9.17) is 17.3 Å². The van der Waals surface area contributed by atoms with Gasteiger partial charge in [0.15, 0.2) is 0 Å². The van der Waals surface area contributed by atoms with Crippen molar-refractivity contribution in [3.63, 3.8) is 0 Å². The third-order valence-electron chi connectivity index (χ3n) is 4.43. The molecule has 2 N–H and O–H groups in total. The lowest BCUT2D eigenvalue weighted by Crippen LogP contribution is -2.36. The van der Waals surface area contributed by atoms with Gasteiger partial charge in [0.25, 0.3) is 5.91 Å². The highest BCUT2D eigenvalue weighted by Gasteiger charge is 2.26. The molecule has 2 heterocycles. The van der Waals surface area contributed by atoms with Crippen molar-refractivity contribution in [2.24, 2.45) is 13.0 Å². The van der Waals surface area contributed by atoms with Gasteiger partial charge in [-0.1, -0.05) is 55.8 Å². The minimum atomic E-state index is -0.427. The van der Waals surface area contributed by atoms with E-state index in [1.165, 1.54) is 0 Å². The van der Waals surface area contributed by atoms with Crippen molar-refractivity contribution in [1.29, 1.82) is 0 Å².